The van der Waals surface area contributed by atoms with Gasteiger partial charge in [-0.1, -0.05) is 0 Å². The molecule has 10 nitrogen and oxygen atoms in total. The van der Waals surface area contributed by atoms with Gasteiger partial charge in [0.15, 0.2) is 11.5 Å². The molecule has 30 heavy (non-hydrogen) atoms. The highest BCUT2D eigenvalue weighted by Crippen LogP contribution is 2.00. The first-order valence-electron chi connectivity index (χ1n) is 9.21. The van der Waals surface area contributed by atoms with E-state index >= 15 is 0 Å². The third-order valence-corrected chi connectivity index (χ3v) is 3.55. The van der Waals surface area contributed by atoms with Crippen molar-refractivity contribution < 1.29 is 37.5 Å². The lowest BCUT2D eigenvalue weighted by Gasteiger charge is -2.04. The topological polar surface area (TPSA) is 137 Å². The van der Waals surface area contributed by atoms with Crippen LogP contribution in [0, 0.1) is 0 Å². The first kappa shape index (κ1) is 22.5. The molecular formula is C20H22N2O8. The van der Waals surface area contributed by atoms with Crippen LogP contribution in [0.5, 0.6) is 0 Å². The summed E-state index contributed by atoms with van der Waals surface area (Å²) >= 11 is 0. The quantitative estimate of drug-likeness (QED) is 0.300. The van der Waals surface area contributed by atoms with E-state index in [1.54, 1.807) is 12.1 Å². The van der Waals surface area contributed by atoms with Gasteiger partial charge in [0.1, 0.15) is 0 Å². The Kier molecular flexibility index (Phi) is 9.44. The molecule has 10 heteroatoms. The molecule has 0 aliphatic carbocycles. The second kappa shape index (κ2) is 12.6. The van der Waals surface area contributed by atoms with Crippen LogP contribution in [-0.4, -0.2) is 50.1 Å². The zero-order chi connectivity index (χ0) is 21.6. The second-order valence-electron chi connectivity index (χ2n) is 5.84. The van der Waals surface area contributed by atoms with Crippen molar-refractivity contribution >= 4 is 23.8 Å². The Balaban J connectivity index is 1.47. The van der Waals surface area contributed by atoms with E-state index in [2.05, 4.69) is 10.6 Å². The van der Waals surface area contributed by atoms with Crippen molar-refractivity contribution in [1.82, 2.24) is 10.6 Å². The van der Waals surface area contributed by atoms with E-state index in [9.17, 15) is 19.2 Å². The summed E-state index contributed by atoms with van der Waals surface area (Å²) in [6.45, 7) is 0.752. The number of amides is 2. The van der Waals surface area contributed by atoms with Crippen LogP contribution >= 0.6 is 0 Å². The molecule has 2 heterocycles. The lowest BCUT2D eigenvalue weighted by molar-refractivity contribution is -0.140. The van der Waals surface area contributed by atoms with Crippen LogP contribution in [-0.2, 0) is 19.1 Å². The van der Waals surface area contributed by atoms with E-state index in [4.69, 9.17) is 18.3 Å². The van der Waals surface area contributed by atoms with Crippen LogP contribution in [0.4, 0.5) is 0 Å². The van der Waals surface area contributed by atoms with Gasteiger partial charge in [0.25, 0.3) is 11.8 Å². The average molecular weight is 418 g/mol. The molecule has 0 aliphatic heterocycles. The van der Waals surface area contributed by atoms with Gasteiger partial charge < -0.3 is 28.9 Å². The molecule has 0 unspecified atom stereocenters. The van der Waals surface area contributed by atoms with Crippen molar-refractivity contribution in [3.8, 4) is 0 Å². The molecule has 0 spiro atoms. The largest absolute Gasteiger partial charge is 0.462 e. The number of rotatable bonds is 12. The van der Waals surface area contributed by atoms with Gasteiger partial charge in [0.2, 0.25) is 0 Å². The molecule has 2 amide bonds. The fraction of sp³-hybridized carbons (Fsp3) is 0.300. The van der Waals surface area contributed by atoms with E-state index in [1.165, 1.54) is 24.7 Å². The van der Waals surface area contributed by atoms with Gasteiger partial charge in [-0.25, -0.2) is 9.59 Å². The molecule has 0 aliphatic rings. The number of nitrogens with one attached hydrogen (secondary N) is 2. The highest BCUT2D eigenvalue weighted by atomic mass is 16.5. The molecule has 0 fully saturated rings. The SMILES string of the molecule is O=C(/C=C/C(=O)OCCCNC(=O)c1ccco1)OCCCNC(=O)c1ccco1. The van der Waals surface area contributed by atoms with Crippen molar-refractivity contribution in [3.05, 3.63) is 60.5 Å². The van der Waals surface area contributed by atoms with Crippen LogP contribution in [0.2, 0.25) is 0 Å². The van der Waals surface area contributed by atoms with Gasteiger partial charge >= 0.3 is 11.9 Å². The zero-order valence-electron chi connectivity index (χ0n) is 16.1. The summed E-state index contributed by atoms with van der Waals surface area (Å²) in [5.74, 6) is -1.70. The Labute approximate surface area is 172 Å². The van der Waals surface area contributed by atoms with Gasteiger partial charge in [0, 0.05) is 25.2 Å². The van der Waals surface area contributed by atoms with Crippen LogP contribution in [0.3, 0.4) is 0 Å². The Morgan fingerprint density at radius 2 is 1.20 bits per heavy atom. The van der Waals surface area contributed by atoms with Crippen molar-refractivity contribution in [2.24, 2.45) is 0 Å². The molecule has 2 N–H and O–H groups in total. The summed E-state index contributed by atoms with van der Waals surface area (Å²) in [4.78, 5) is 46.2. The summed E-state index contributed by atoms with van der Waals surface area (Å²) in [6.07, 6.45) is 5.52. The number of ether oxygens (including phenoxy) is 2. The van der Waals surface area contributed by atoms with Gasteiger partial charge in [0.05, 0.1) is 25.7 Å². The Morgan fingerprint density at radius 1 is 0.767 bits per heavy atom. The maximum atomic E-state index is 11.6. The Bertz CT molecular complexity index is 770. The molecule has 2 aromatic heterocycles. The molecule has 0 radical (unpaired) electrons. The number of furan rings is 2. The van der Waals surface area contributed by atoms with E-state index in [0.29, 0.717) is 25.9 Å². The number of hydrogen-bond donors (Lipinski definition) is 2. The van der Waals surface area contributed by atoms with Crippen LogP contribution < -0.4 is 10.6 Å². The minimum absolute atomic E-state index is 0.0754. The highest BCUT2D eigenvalue weighted by molar-refractivity contribution is 5.92. The van der Waals surface area contributed by atoms with Gasteiger partial charge in [-0.2, -0.15) is 0 Å². The second-order valence-corrected chi connectivity index (χ2v) is 5.84. The van der Waals surface area contributed by atoms with Crippen LogP contribution in [0.1, 0.15) is 34.0 Å². The third-order valence-electron chi connectivity index (χ3n) is 3.55. The molecule has 0 saturated carbocycles. The average Bonchev–Trinajstić information content (AvgIpc) is 3.45. The molecule has 160 valence electrons. The molecule has 0 saturated heterocycles. The van der Waals surface area contributed by atoms with E-state index in [-0.39, 0.29) is 36.5 Å². The molecular weight excluding hydrogens is 396 g/mol. The smallest absolute Gasteiger partial charge is 0.331 e. The molecule has 0 bridgehead atoms. The number of carbonyl (C=O) groups is 4. The predicted octanol–water partition coefficient (Wildman–Crippen LogP) is 1.46. The summed E-state index contributed by atoms with van der Waals surface area (Å²) in [5.41, 5.74) is 0. The number of esters is 2. The number of carbonyl (C=O) groups excluding carboxylic acids is 4. The monoisotopic (exact) mass is 418 g/mol. The third kappa shape index (κ3) is 8.46. The Hall–Kier alpha value is -3.82. The van der Waals surface area contributed by atoms with Crippen molar-refractivity contribution in [2.45, 2.75) is 12.8 Å². The number of hydrogen-bond acceptors (Lipinski definition) is 8. The van der Waals surface area contributed by atoms with Gasteiger partial charge in [-0.3, -0.25) is 9.59 Å². The maximum absolute atomic E-state index is 11.6. The molecule has 0 aromatic carbocycles. The molecule has 2 aromatic rings. The van der Waals surface area contributed by atoms with E-state index in [1.807, 2.05) is 0 Å². The first-order chi connectivity index (χ1) is 14.6. The fourth-order valence-corrected chi connectivity index (χ4v) is 2.12. The standard InChI is InChI=1S/C20H22N2O8/c23-17(29-13-3-9-21-19(25)15-5-1-11-27-15)7-8-18(24)30-14-4-10-22-20(26)16-6-2-12-28-16/h1-2,5-8,11-12H,3-4,9-10,13-14H2,(H,21,25)(H,22,26)/b8-7+. The van der Waals surface area contributed by atoms with Gasteiger partial charge in [-0.05, 0) is 37.1 Å². The predicted molar refractivity (Wildman–Crippen MR) is 102 cm³/mol. The van der Waals surface area contributed by atoms with Crippen LogP contribution in [0.15, 0.2) is 57.8 Å². The van der Waals surface area contributed by atoms with Crippen LogP contribution in [0.25, 0.3) is 0 Å². The van der Waals surface area contributed by atoms with E-state index < -0.39 is 11.9 Å². The minimum Gasteiger partial charge on any atom is -0.462 e. The molecule has 0 atom stereocenters. The van der Waals surface area contributed by atoms with Crippen molar-refractivity contribution in [2.75, 3.05) is 26.3 Å². The Morgan fingerprint density at radius 3 is 1.57 bits per heavy atom. The highest BCUT2D eigenvalue weighted by Gasteiger charge is 2.08. The lowest BCUT2D eigenvalue weighted by atomic mass is 10.4. The van der Waals surface area contributed by atoms with Crippen molar-refractivity contribution in [1.29, 1.82) is 0 Å². The van der Waals surface area contributed by atoms with Gasteiger partial charge in [-0.15, -0.1) is 0 Å². The minimum atomic E-state index is -0.699. The first-order valence-corrected chi connectivity index (χ1v) is 9.21. The summed E-state index contributed by atoms with van der Waals surface area (Å²) in [5, 5.41) is 5.22. The summed E-state index contributed by atoms with van der Waals surface area (Å²) in [7, 11) is 0. The fourth-order valence-electron chi connectivity index (χ4n) is 2.12. The normalized spacial score (nSPS) is 10.5. The van der Waals surface area contributed by atoms with Crippen molar-refractivity contribution in [3.63, 3.8) is 0 Å². The summed E-state index contributed by atoms with van der Waals surface area (Å²) in [6, 6.07) is 6.29. The lowest BCUT2D eigenvalue weighted by Crippen LogP contribution is -2.25. The zero-order valence-corrected chi connectivity index (χ0v) is 16.1. The summed E-state index contributed by atoms with van der Waals surface area (Å²) < 4.78 is 19.7. The maximum Gasteiger partial charge on any atom is 0.331 e. The van der Waals surface area contributed by atoms with E-state index in [0.717, 1.165) is 12.2 Å². The molecule has 2 rings (SSSR count).